The molecular formula is C17H14F3N3O3. The van der Waals surface area contributed by atoms with Gasteiger partial charge in [0.15, 0.2) is 0 Å². The molecule has 9 heteroatoms. The Labute approximate surface area is 145 Å². The number of nitrogens with one attached hydrogen (secondary N) is 2. The minimum atomic E-state index is -4.64. The molecule has 0 saturated heterocycles. The molecule has 0 unspecified atom stereocenters. The minimum Gasteiger partial charge on any atom is -0.478 e. The van der Waals surface area contributed by atoms with Crippen molar-refractivity contribution in [1.29, 1.82) is 0 Å². The average Bonchev–Trinajstić information content (AvgIpc) is 3.02. The number of para-hydroxylation sites is 1. The van der Waals surface area contributed by atoms with E-state index in [1.807, 2.05) is 0 Å². The number of halogens is 3. The van der Waals surface area contributed by atoms with E-state index < -0.39 is 17.7 Å². The molecule has 0 fully saturated rings. The highest BCUT2D eigenvalue weighted by Crippen LogP contribution is 2.38. The molecule has 0 saturated carbocycles. The molecule has 136 valence electrons. The maximum atomic E-state index is 13.5. The number of carbonyl (C=O) groups is 1. The number of H-pyrrole nitrogens is 1. The molecule has 0 atom stereocenters. The molecule has 0 bridgehead atoms. The normalized spacial score (nSPS) is 11.7. The molecule has 0 aliphatic rings. The number of hydrogen-bond acceptors (Lipinski definition) is 4. The lowest BCUT2D eigenvalue weighted by molar-refractivity contribution is -0.137. The van der Waals surface area contributed by atoms with E-state index in [0.29, 0.717) is 5.52 Å². The number of aliphatic hydroxyl groups is 1. The number of rotatable bonds is 5. The second-order valence-electron chi connectivity index (χ2n) is 5.50. The van der Waals surface area contributed by atoms with E-state index in [0.717, 1.165) is 6.07 Å². The summed E-state index contributed by atoms with van der Waals surface area (Å²) in [5, 5.41) is 20.7. The molecule has 6 nitrogen and oxygen atoms in total. The summed E-state index contributed by atoms with van der Waals surface area (Å²) in [5.74, 6) is -1.29. The van der Waals surface area contributed by atoms with Crippen molar-refractivity contribution in [3.63, 3.8) is 0 Å². The molecule has 26 heavy (non-hydrogen) atoms. The zero-order valence-corrected chi connectivity index (χ0v) is 13.3. The molecule has 0 amide bonds. The molecule has 1 aromatic heterocycles. The summed E-state index contributed by atoms with van der Waals surface area (Å²) in [5.41, 5.74) is -0.589. The van der Waals surface area contributed by atoms with Crippen molar-refractivity contribution in [2.75, 3.05) is 18.5 Å². The predicted octanol–water partition coefficient (Wildman–Crippen LogP) is 3.35. The van der Waals surface area contributed by atoms with Gasteiger partial charge in [-0.1, -0.05) is 6.07 Å². The lowest BCUT2D eigenvalue weighted by atomic mass is 10.1. The molecule has 3 rings (SSSR count). The first-order valence-corrected chi connectivity index (χ1v) is 7.59. The number of aromatic amines is 1. The van der Waals surface area contributed by atoms with Gasteiger partial charge in [-0.3, -0.25) is 0 Å². The fraction of sp³-hybridized carbons (Fsp3) is 0.176. The van der Waals surface area contributed by atoms with Crippen LogP contribution in [0, 0.1) is 0 Å². The third-order valence-corrected chi connectivity index (χ3v) is 3.76. The average molecular weight is 365 g/mol. The third kappa shape index (κ3) is 3.33. The first-order chi connectivity index (χ1) is 12.3. The highest BCUT2D eigenvalue weighted by atomic mass is 19.4. The number of fused-ring (bicyclic) bond motifs is 1. The molecule has 1 heterocycles. The lowest BCUT2D eigenvalue weighted by Crippen LogP contribution is -2.10. The first kappa shape index (κ1) is 17.7. The zero-order chi connectivity index (χ0) is 18.9. The maximum absolute atomic E-state index is 13.5. The third-order valence-electron chi connectivity index (χ3n) is 3.76. The van der Waals surface area contributed by atoms with Crippen molar-refractivity contribution in [1.82, 2.24) is 9.97 Å². The van der Waals surface area contributed by atoms with Crippen LogP contribution in [0.4, 0.5) is 18.9 Å². The van der Waals surface area contributed by atoms with E-state index in [2.05, 4.69) is 15.3 Å². The number of hydrogen-bond donors (Lipinski definition) is 4. The Morgan fingerprint density at radius 3 is 2.65 bits per heavy atom. The van der Waals surface area contributed by atoms with E-state index in [4.69, 9.17) is 5.11 Å². The standard InChI is InChI=1S/C17H14F3N3O3/c18-17(19,20)12-8-9(21-6-7-24)4-5-10(12)15-22-13-3-1-2-11(16(25)26)14(13)23-15/h1-5,8,21,24H,6-7H2,(H,22,23)(H,25,26). The predicted molar refractivity (Wildman–Crippen MR) is 89.1 cm³/mol. The highest BCUT2D eigenvalue weighted by molar-refractivity contribution is 6.01. The van der Waals surface area contributed by atoms with E-state index in [1.54, 1.807) is 6.07 Å². The smallest absolute Gasteiger partial charge is 0.417 e. The summed E-state index contributed by atoms with van der Waals surface area (Å²) in [7, 11) is 0. The van der Waals surface area contributed by atoms with Gasteiger partial charge in [-0.15, -0.1) is 0 Å². The van der Waals surface area contributed by atoms with Gasteiger partial charge in [0.25, 0.3) is 0 Å². The number of anilines is 1. The first-order valence-electron chi connectivity index (χ1n) is 7.59. The molecule has 0 aliphatic heterocycles. The molecule has 0 radical (unpaired) electrons. The van der Waals surface area contributed by atoms with E-state index in [9.17, 15) is 23.1 Å². The topological polar surface area (TPSA) is 98.2 Å². The Morgan fingerprint density at radius 1 is 1.23 bits per heavy atom. The van der Waals surface area contributed by atoms with Crippen molar-refractivity contribution in [3.8, 4) is 11.4 Å². The molecule has 3 aromatic rings. The van der Waals surface area contributed by atoms with Crippen molar-refractivity contribution < 1.29 is 28.2 Å². The van der Waals surface area contributed by atoms with Crippen LogP contribution >= 0.6 is 0 Å². The van der Waals surface area contributed by atoms with Crippen LogP contribution in [0.25, 0.3) is 22.4 Å². The van der Waals surface area contributed by atoms with Gasteiger partial charge in [0.1, 0.15) is 11.3 Å². The monoisotopic (exact) mass is 365 g/mol. The van der Waals surface area contributed by atoms with Crippen molar-refractivity contribution in [3.05, 3.63) is 47.5 Å². The number of nitrogens with zero attached hydrogens (tertiary/aromatic N) is 1. The van der Waals surface area contributed by atoms with Gasteiger partial charge in [-0.05, 0) is 30.3 Å². The van der Waals surface area contributed by atoms with Gasteiger partial charge in [-0.25, -0.2) is 9.78 Å². The molecular weight excluding hydrogens is 351 g/mol. The van der Waals surface area contributed by atoms with E-state index >= 15 is 0 Å². The van der Waals surface area contributed by atoms with Crippen LogP contribution in [0.15, 0.2) is 36.4 Å². The fourth-order valence-electron chi connectivity index (χ4n) is 2.63. The van der Waals surface area contributed by atoms with Gasteiger partial charge in [0, 0.05) is 17.8 Å². The number of imidazole rings is 1. The number of aromatic carboxylic acids is 1. The summed E-state index contributed by atoms with van der Waals surface area (Å²) in [6.07, 6.45) is -4.64. The van der Waals surface area contributed by atoms with E-state index in [-0.39, 0.29) is 41.3 Å². The molecule has 0 spiro atoms. The van der Waals surface area contributed by atoms with Gasteiger partial charge < -0.3 is 20.5 Å². The number of alkyl halides is 3. The van der Waals surface area contributed by atoms with Crippen LogP contribution in [0.1, 0.15) is 15.9 Å². The van der Waals surface area contributed by atoms with Crippen LogP contribution in [-0.2, 0) is 6.18 Å². The number of carboxylic acid groups (broad SMARTS) is 1. The number of benzene rings is 2. The van der Waals surface area contributed by atoms with Crippen LogP contribution in [-0.4, -0.2) is 39.3 Å². The fourth-order valence-corrected chi connectivity index (χ4v) is 2.63. The van der Waals surface area contributed by atoms with E-state index in [1.165, 1.54) is 24.3 Å². The molecule has 0 aliphatic carbocycles. The quantitative estimate of drug-likeness (QED) is 0.556. The van der Waals surface area contributed by atoms with Crippen LogP contribution in [0.5, 0.6) is 0 Å². The summed E-state index contributed by atoms with van der Waals surface area (Å²) in [6.45, 7) is -0.103. The Balaban J connectivity index is 2.15. The SMILES string of the molecule is O=C(O)c1cccc2[nH]c(-c3ccc(NCCO)cc3C(F)(F)F)nc12. The van der Waals surface area contributed by atoms with Crippen molar-refractivity contribution in [2.24, 2.45) is 0 Å². The summed E-state index contributed by atoms with van der Waals surface area (Å²) < 4.78 is 40.5. The molecule has 4 N–H and O–H groups in total. The van der Waals surface area contributed by atoms with Crippen LogP contribution in [0.3, 0.4) is 0 Å². The number of aliphatic hydroxyl groups excluding tert-OH is 1. The lowest BCUT2D eigenvalue weighted by Gasteiger charge is -2.14. The second kappa shape index (κ2) is 6.68. The maximum Gasteiger partial charge on any atom is 0.417 e. The molecule has 2 aromatic carbocycles. The zero-order valence-electron chi connectivity index (χ0n) is 13.3. The van der Waals surface area contributed by atoms with Gasteiger partial charge in [-0.2, -0.15) is 13.2 Å². The van der Waals surface area contributed by atoms with Crippen LogP contribution in [0.2, 0.25) is 0 Å². The van der Waals surface area contributed by atoms with Crippen LogP contribution < -0.4 is 5.32 Å². The Morgan fingerprint density at radius 2 is 2.00 bits per heavy atom. The highest BCUT2D eigenvalue weighted by Gasteiger charge is 2.35. The minimum absolute atomic E-state index is 0.0743. The van der Waals surface area contributed by atoms with Gasteiger partial charge in [0.05, 0.1) is 23.3 Å². The largest absolute Gasteiger partial charge is 0.478 e. The van der Waals surface area contributed by atoms with Gasteiger partial charge >= 0.3 is 12.1 Å². The number of carboxylic acids is 1. The Hall–Kier alpha value is -3.07. The summed E-state index contributed by atoms with van der Waals surface area (Å²) in [4.78, 5) is 18.1. The Bertz CT molecular complexity index is 967. The van der Waals surface area contributed by atoms with Gasteiger partial charge in [0.2, 0.25) is 0 Å². The van der Waals surface area contributed by atoms with Crippen molar-refractivity contribution >= 4 is 22.7 Å². The summed E-state index contributed by atoms with van der Waals surface area (Å²) >= 11 is 0. The number of aromatic nitrogens is 2. The van der Waals surface area contributed by atoms with Crippen molar-refractivity contribution in [2.45, 2.75) is 6.18 Å². The Kier molecular flexibility index (Phi) is 4.56. The second-order valence-corrected chi connectivity index (χ2v) is 5.50. The summed E-state index contributed by atoms with van der Waals surface area (Å²) in [6, 6.07) is 7.98.